The smallest absolute Gasteiger partial charge is 0.264 e. The summed E-state index contributed by atoms with van der Waals surface area (Å²) < 4.78 is 35.7. The number of sulfone groups is 1. The SMILES string of the molecule is CCOc1ccc(-c2ccc3c(=O)n(CC[C@](C)(C(=O)NOC4CCCCO4)S(C)(=O)=O)cnc3c2)cc1. The van der Waals surface area contributed by atoms with Crippen molar-refractivity contribution in [3.63, 3.8) is 0 Å². The average molecular weight is 544 g/mol. The first-order chi connectivity index (χ1) is 18.1. The van der Waals surface area contributed by atoms with Crippen LogP contribution in [0.3, 0.4) is 0 Å². The molecule has 1 aromatic heterocycles. The number of ether oxygens (including phenoxy) is 2. The molecule has 3 aromatic rings. The van der Waals surface area contributed by atoms with Crippen molar-refractivity contribution in [2.24, 2.45) is 0 Å². The van der Waals surface area contributed by atoms with Gasteiger partial charge in [0.15, 0.2) is 20.9 Å². The maximum Gasteiger partial charge on any atom is 0.264 e. The Labute approximate surface area is 221 Å². The van der Waals surface area contributed by atoms with Crippen LogP contribution in [-0.2, 0) is 30.8 Å². The summed E-state index contributed by atoms with van der Waals surface area (Å²) in [5, 5.41) is 0.394. The van der Waals surface area contributed by atoms with Crippen molar-refractivity contribution in [1.82, 2.24) is 15.0 Å². The lowest BCUT2D eigenvalue weighted by atomic mass is 10.0. The number of hydroxylamine groups is 1. The third kappa shape index (κ3) is 6.06. The molecule has 11 heteroatoms. The molecule has 0 spiro atoms. The monoisotopic (exact) mass is 543 g/mol. The molecule has 2 heterocycles. The number of aryl methyl sites for hydroxylation is 1. The van der Waals surface area contributed by atoms with Crippen LogP contribution >= 0.6 is 0 Å². The van der Waals surface area contributed by atoms with E-state index in [2.05, 4.69) is 10.5 Å². The number of amides is 1. The largest absolute Gasteiger partial charge is 0.494 e. The van der Waals surface area contributed by atoms with Gasteiger partial charge in [0.25, 0.3) is 11.5 Å². The summed E-state index contributed by atoms with van der Waals surface area (Å²) >= 11 is 0. The van der Waals surface area contributed by atoms with E-state index in [4.69, 9.17) is 14.3 Å². The van der Waals surface area contributed by atoms with Gasteiger partial charge < -0.3 is 9.47 Å². The van der Waals surface area contributed by atoms with Gasteiger partial charge in [-0.2, -0.15) is 0 Å². The highest BCUT2D eigenvalue weighted by Gasteiger charge is 2.44. The summed E-state index contributed by atoms with van der Waals surface area (Å²) in [5.74, 6) is -0.0299. The minimum atomic E-state index is -3.86. The van der Waals surface area contributed by atoms with Crippen LogP contribution in [0.5, 0.6) is 5.75 Å². The number of nitrogens with one attached hydrogen (secondary N) is 1. The van der Waals surface area contributed by atoms with Gasteiger partial charge in [0.05, 0.1) is 23.8 Å². The zero-order valence-electron chi connectivity index (χ0n) is 21.8. The summed E-state index contributed by atoms with van der Waals surface area (Å²) in [4.78, 5) is 35.8. The van der Waals surface area contributed by atoms with E-state index in [1.807, 2.05) is 43.3 Å². The van der Waals surface area contributed by atoms with Crippen molar-refractivity contribution in [2.75, 3.05) is 19.5 Å². The van der Waals surface area contributed by atoms with Crippen LogP contribution in [0.25, 0.3) is 22.0 Å². The van der Waals surface area contributed by atoms with Crippen LogP contribution in [0.4, 0.5) is 0 Å². The van der Waals surface area contributed by atoms with E-state index in [-0.39, 0.29) is 18.5 Å². The molecule has 1 amide bonds. The van der Waals surface area contributed by atoms with Crippen LogP contribution in [0, 0.1) is 0 Å². The van der Waals surface area contributed by atoms with Crippen LogP contribution in [-0.4, -0.2) is 54.4 Å². The molecule has 0 aliphatic carbocycles. The molecule has 0 saturated carbocycles. The molecule has 0 radical (unpaired) electrons. The summed E-state index contributed by atoms with van der Waals surface area (Å²) in [5.41, 5.74) is 4.30. The zero-order valence-corrected chi connectivity index (χ0v) is 22.6. The van der Waals surface area contributed by atoms with Crippen molar-refractivity contribution < 1.29 is 27.5 Å². The molecule has 1 aliphatic heterocycles. The average Bonchev–Trinajstić information content (AvgIpc) is 2.91. The number of hydrogen-bond acceptors (Lipinski definition) is 8. The first-order valence-corrected chi connectivity index (χ1v) is 14.5. The van der Waals surface area contributed by atoms with Gasteiger partial charge in [0.1, 0.15) is 5.75 Å². The second-order valence-electron chi connectivity index (χ2n) is 9.53. The first kappa shape index (κ1) is 27.7. The molecule has 4 rings (SSSR count). The molecular formula is C27H33N3O7S. The van der Waals surface area contributed by atoms with Crippen molar-refractivity contribution in [3.05, 3.63) is 59.1 Å². The Balaban J connectivity index is 1.51. The molecule has 1 fully saturated rings. The van der Waals surface area contributed by atoms with E-state index in [1.54, 1.807) is 6.07 Å². The molecule has 2 atom stereocenters. The summed E-state index contributed by atoms with van der Waals surface area (Å²) in [7, 11) is -3.86. The molecule has 204 valence electrons. The fraction of sp³-hybridized carbons (Fsp3) is 0.444. The normalized spacial score (nSPS) is 17.6. The van der Waals surface area contributed by atoms with Gasteiger partial charge in [-0.25, -0.2) is 23.7 Å². The fourth-order valence-corrected chi connectivity index (χ4v) is 5.08. The summed E-state index contributed by atoms with van der Waals surface area (Å²) in [6.07, 6.45) is 4.01. The quantitative estimate of drug-likeness (QED) is 0.387. The molecule has 1 N–H and O–H groups in total. The van der Waals surface area contributed by atoms with E-state index in [9.17, 15) is 18.0 Å². The second kappa shape index (κ2) is 11.6. The number of fused-ring (bicyclic) bond motifs is 1. The Morgan fingerprint density at radius 3 is 2.58 bits per heavy atom. The number of carbonyl (C=O) groups excluding carboxylic acids is 1. The van der Waals surface area contributed by atoms with Gasteiger partial charge in [-0.3, -0.25) is 14.2 Å². The fourth-order valence-electron chi connectivity index (χ4n) is 4.24. The van der Waals surface area contributed by atoms with Crippen LogP contribution in [0.15, 0.2) is 53.6 Å². The highest BCUT2D eigenvalue weighted by molar-refractivity contribution is 7.92. The van der Waals surface area contributed by atoms with Crippen molar-refractivity contribution in [3.8, 4) is 16.9 Å². The van der Waals surface area contributed by atoms with Gasteiger partial charge in [0.2, 0.25) is 0 Å². The van der Waals surface area contributed by atoms with Gasteiger partial charge in [0, 0.05) is 25.8 Å². The Morgan fingerprint density at radius 2 is 1.92 bits per heavy atom. The molecule has 1 unspecified atom stereocenters. The molecular weight excluding hydrogens is 510 g/mol. The molecule has 1 saturated heterocycles. The third-order valence-electron chi connectivity index (χ3n) is 6.87. The summed E-state index contributed by atoms with van der Waals surface area (Å²) in [6.45, 7) is 4.32. The lowest BCUT2D eigenvalue weighted by Gasteiger charge is -2.28. The van der Waals surface area contributed by atoms with Gasteiger partial charge in [-0.15, -0.1) is 0 Å². The molecule has 2 aromatic carbocycles. The van der Waals surface area contributed by atoms with Crippen LogP contribution in [0.2, 0.25) is 0 Å². The van der Waals surface area contributed by atoms with E-state index in [1.165, 1.54) is 17.8 Å². The highest BCUT2D eigenvalue weighted by Crippen LogP contribution is 2.26. The van der Waals surface area contributed by atoms with E-state index >= 15 is 0 Å². The predicted molar refractivity (Wildman–Crippen MR) is 143 cm³/mol. The Morgan fingerprint density at radius 1 is 1.18 bits per heavy atom. The third-order valence-corrected chi connectivity index (χ3v) is 8.90. The minimum absolute atomic E-state index is 0.0284. The van der Waals surface area contributed by atoms with Crippen molar-refractivity contribution >= 4 is 26.6 Å². The van der Waals surface area contributed by atoms with Crippen LogP contribution in [0.1, 0.15) is 39.5 Å². The Bertz CT molecular complexity index is 1450. The molecule has 0 bridgehead atoms. The van der Waals surface area contributed by atoms with Gasteiger partial charge >= 0.3 is 0 Å². The first-order valence-electron chi connectivity index (χ1n) is 12.6. The highest BCUT2D eigenvalue weighted by atomic mass is 32.2. The number of carbonyl (C=O) groups is 1. The predicted octanol–water partition coefficient (Wildman–Crippen LogP) is 3.23. The molecule has 10 nitrogen and oxygen atoms in total. The van der Waals surface area contributed by atoms with Gasteiger partial charge in [-0.05, 0) is 68.5 Å². The van der Waals surface area contributed by atoms with Gasteiger partial charge in [-0.1, -0.05) is 18.2 Å². The lowest BCUT2D eigenvalue weighted by Crippen LogP contribution is -2.51. The van der Waals surface area contributed by atoms with Crippen LogP contribution < -0.4 is 15.8 Å². The standard InChI is InChI=1S/C27H33N3O7S/c1-4-35-21-11-8-19(9-12-21)20-10-13-22-23(17-20)28-18-30(25(22)31)15-14-27(2,38(3,33)34)26(32)29-37-24-7-5-6-16-36-24/h8-13,17-18,24H,4-7,14-16H2,1-3H3,(H,29,32)/t24?,27-/m1/s1. The number of rotatable bonds is 10. The lowest BCUT2D eigenvalue weighted by molar-refractivity contribution is -0.201. The minimum Gasteiger partial charge on any atom is -0.494 e. The van der Waals surface area contributed by atoms with Crippen molar-refractivity contribution in [1.29, 1.82) is 0 Å². The topological polar surface area (TPSA) is 126 Å². The van der Waals surface area contributed by atoms with E-state index < -0.39 is 26.8 Å². The van der Waals surface area contributed by atoms with Crippen molar-refractivity contribution in [2.45, 2.75) is 57.1 Å². The number of aromatic nitrogens is 2. The Hall–Kier alpha value is -3.28. The maximum atomic E-state index is 13.2. The number of hydrogen-bond donors (Lipinski definition) is 1. The summed E-state index contributed by atoms with van der Waals surface area (Å²) in [6, 6.07) is 13.0. The second-order valence-corrected chi connectivity index (χ2v) is 12.0. The molecule has 1 aliphatic rings. The Kier molecular flexibility index (Phi) is 8.49. The number of nitrogens with zero attached hydrogens (tertiary/aromatic N) is 2. The zero-order chi connectivity index (χ0) is 27.3. The number of benzene rings is 2. The van der Waals surface area contributed by atoms with E-state index in [0.717, 1.165) is 36.0 Å². The maximum absolute atomic E-state index is 13.2. The van der Waals surface area contributed by atoms with E-state index in [0.29, 0.717) is 30.5 Å². The molecule has 38 heavy (non-hydrogen) atoms.